The SMILES string of the molecule is CCC(C)(CNCCOC)Cc1ccc(C(F)(F)F)cc1. The summed E-state index contributed by atoms with van der Waals surface area (Å²) in [4.78, 5) is 0. The van der Waals surface area contributed by atoms with Gasteiger partial charge in [-0.05, 0) is 36.0 Å². The minimum Gasteiger partial charge on any atom is -0.383 e. The van der Waals surface area contributed by atoms with Crippen molar-refractivity contribution in [2.45, 2.75) is 32.9 Å². The molecule has 120 valence electrons. The van der Waals surface area contributed by atoms with Gasteiger partial charge >= 0.3 is 6.18 Å². The van der Waals surface area contributed by atoms with Crippen molar-refractivity contribution in [1.29, 1.82) is 0 Å². The van der Waals surface area contributed by atoms with Crippen LogP contribution in [0.4, 0.5) is 13.2 Å². The van der Waals surface area contributed by atoms with Crippen molar-refractivity contribution in [1.82, 2.24) is 5.32 Å². The fraction of sp³-hybridized carbons (Fsp3) is 0.625. The Balaban J connectivity index is 2.63. The van der Waals surface area contributed by atoms with Crippen LogP contribution in [0.15, 0.2) is 24.3 Å². The van der Waals surface area contributed by atoms with Gasteiger partial charge in [0.25, 0.3) is 0 Å². The van der Waals surface area contributed by atoms with Crippen molar-refractivity contribution in [2.24, 2.45) is 5.41 Å². The van der Waals surface area contributed by atoms with Crippen LogP contribution in [0.3, 0.4) is 0 Å². The number of benzene rings is 1. The summed E-state index contributed by atoms with van der Waals surface area (Å²) in [6.45, 7) is 6.49. The number of hydrogen-bond donors (Lipinski definition) is 1. The van der Waals surface area contributed by atoms with E-state index in [1.54, 1.807) is 19.2 Å². The van der Waals surface area contributed by atoms with Gasteiger partial charge in [0.2, 0.25) is 0 Å². The van der Waals surface area contributed by atoms with Crippen molar-refractivity contribution in [2.75, 3.05) is 26.8 Å². The Bertz CT molecular complexity index is 417. The first kappa shape index (κ1) is 18.0. The summed E-state index contributed by atoms with van der Waals surface area (Å²) >= 11 is 0. The van der Waals surface area contributed by atoms with E-state index in [0.717, 1.165) is 43.6 Å². The molecule has 1 N–H and O–H groups in total. The minimum absolute atomic E-state index is 0.0213. The first-order valence-corrected chi connectivity index (χ1v) is 7.16. The zero-order chi connectivity index (χ0) is 15.9. The summed E-state index contributed by atoms with van der Waals surface area (Å²) in [6, 6.07) is 5.46. The topological polar surface area (TPSA) is 21.3 Å². The lowest BCUT2D eigenvalue weighted by atomic mass is 9.81. The fourth-order valence-electron chi connectivity index (χ4n) is 2.18. The lowest BCUT2D eigenvalue weighted by molar-refractivity contribution is -0.137. The molecule has 0 saturated carbocycles. The van der Waals surface area contributed by atoms with Gasteiger partial charge in [-0.15, -0.1) is 0 Å². The van der Waals surface area contributed by atoms with E-state index in [9.17, 15) is 13.2 Å². The number of rotatable bonds is 8. The van der Waals surface area contributed by atoms with E-state index in [1.807, 2.05) is 0 Å². The third kappa shape index (κ3) is 6.06. The number of nitrogens with one attached hydrogen (secondary N) is 1. The number of hydrogen-bond acceptors (Lipinski definition) is 2. The highest BCUT2D eigenvalue weighted by Crippen LogP contribution is 2.31. The lowest BCUT2D eigenvalue weighted by Crippen LogP contribution is -2.34. The minimum atomic E-state index is -4.27. The Kier molecular flexibility index (Phi) is 6.68. The molecular formula is C16H24F3NO. The number of methoxy groups -OCH3 is 1. The van der Waals surface area contributed by atoms with Crippen LogP contribution in [0, 0.1) is 5.41 Å². The van der Waals surface area contributed by atoms with Gasteiger partial charge in [0.05, 0.1) is 12.2 Å². The Morgan fingerprint density at radius 3 is 2.24 bits per heavy atom. The van der Waals surface area contributed by atoms with Crippen LogP contribution in [-0.4, -0.2) is 26.8 Å². The third-order valence-electron chi connectivity index (χ3n) is 3.80. The highest BCUT2D eigenvalue weighted by Gasteiger charge is 2.30. The van der Waals surface area contributed by atoms with Crippen LogP contribution in [0.5, 0.6) is 0 Å². The normalized spacial score (nSPS) is 15.0. The molecule has 0 amide bonds. The van der Waals surface area contributed by atoms with Gasteiger partial charge < -0.3 is 10.1 Å². The molecule has 5 heteroatoms. The summed E-state index contributed by atoms with van der Waals surface area (Å²) in [7, 11) is 1.66. The van der Waals surface area contributed by atoms with E-state index in [4.69, 9.17) is 4.74 Å². The van der Waals surface area contributed by atoms with Crippen molar-refractivity contribution in [3.63, 3.8) is 0 Å². The average molecular weight is 303 g/mol. The van der Waals surface area contributed by atoms with E-state index in [0.29, 0.717) is 6.61 Å². The van der Waals surface area contributed by atoms with Gasteiger partial charge in [-0.2, -0.15) is 13.2 Å². The molecular weight excluding hydrogens is 279 g/mol. The van der Waals surface area contributed by atoms with Crippen LogP contribution < -0.4 is 5.32 Å². The third-order valence-corrected chi connectivity index (χ3v) is 3.80. The molecule has 2 nitrogen and oxygen atoms in total. The number of halogens is 3. The molecule has 0 heterocycles. The predicted molar refractivity (Wildman–Crippen MR) is 78.3 cm³/mol. The molecule has 0 aliphatic rings. The summed E-state index contributed by atoms with van der Waals surface area (Å²) < 4.78 is 42.6. The fourth-order valence-corrected chi connectivity index (χ4v) is 2.18. The van der Waals surface area contributed by atoms with Gasteiger partial charge in [0.1, 0.15) is 0 Å². The summed E-state index contributed by atoms with van der Waals surface area (Å²) in [6.07, 6.45) is -2.57. The highest BCUT2D eigenvalue weighted by atomic mass is 19.4. The second kappa shape index (κ2) is 7.80. The maximum absolute atomic E-state index is 12.5. The summed E-state index contributed by atoms with van der Waals surface area (Å²) in [5.74, 6) is 0. The molecule has 0 bridgehead atoms. The van der Waals surface area contributed by atoms with Gasteiger partial charge in [0, 0.05) is 20.2 Å². The second-order valence-corrected chi connectivity index (χ2v) is 5.71. The largest absolute Gasteiger partial charge is 0.416 e. The molecule has 0 aliphatic heterocycles. The average Bonchev–Trinajstić information content (AvgIpc) is 2.43. The molecule has 0 fully saturated rings. The molecule has 0 saturated heterocycles. The first-order chi connectivity index (χ1) is 9.80. The first-order valence-electron chi connectivity index (χ1n) is 7.16. The van der Waals surface area contributed by atoms with Crippen LogP contribution in [0.1, 0.15) is 31.4 Å². The van der Waals surface area contributed by atoms with E-state index in [-0.39, 0.29) is 5.41 Å². The lowest BCUT2D eigenvalue weighted by Gasteiger charge is -2.29. The van der Waals surface area contributed by atoms with Crippen LogP contribution in [0.25, 0.3) is 0 Å². The number of alkyl halides is 3. The van der Waals surface area contributed by atoms with Crippen molar-refractivity contribution in [3.05, 3.63) is 35.4 Å². The van der Waals surface area contributed by atoms with Crippen molar-refractivity contribution >= 4 is 0 Å². The molecule has 1 atom stereocenters. The molecule has 1 unspecified atom stereocenters. The maximum Gasteiger partial charge on any atom is 0.416 e. The van der Waals surface area contributed by atoms with Crippen molar-refractivity contribution < 1.29 is 17.9 Å². The molecule has 1 rings (SSSR count). The monoisotopic (exact) mass is 303 g/mol. The molecule has 0 spiro atoms. The van der Waals surface area contributed by atoms with Gasteiger partial charge in [-0.3, -0.25) is 0 Å². The van der Waals surface area contributed by atoms with Crippen LogP contribution in [-0.2, 0) is 17.3 Å². The second-order valence-electron chi connectivity index (χ2n) is 5.71. The van der Waals surface area contributed by atoms with Gasteiger partial charge in [-0.25, -0.2) is 0 Å². The quantitative estimate of drug-likeness (QED) is 0.735. The highest BCUT2D eigenvalue weighted by molar-refractivity contribution is 5.25. The zero-order valence-corrected chi connectivity index (χ0v) is 12.9. The maximum atomic E-state index is 12.5. The number of ether oxygens (including phenoxy) is 1. The Morgan fingerprint density at radius 1 is 1.14 bits per heavy atom. The summed E-state index contributed by atoms with van der Waals surface area (Å²) in [5, 5.41) is 3.33. The Morgan fingerprint density at radius 2 is 1.76 bits per heavy atom. The summed E-state index contributed by atoms with van der Waals surface area (Å²) in [5.41, 5.74) is 0.358. The Labute approximate surface area is 124 Å². The van der Waals surface area contributed by atoms with Crippen LogP contribution in [0.2, 0.25) is 0 Å². The van der Waals surface area contributed by atoms with Crippen LogP contribution >= 0.6 is 0 Å². The Hall–Kier alpha value is -1.07. The molecule has 0 aromatic heterocycles. The molecule has 1 aromatic carbocycles. The van der Waals surface area contributed by atoms with Gasteiger partial charge in [-0.1, -0.05) is 26.0 Å². The van der Waals surface area contributed by atoms with E-state index in [1.165, 1.54) is 0 Å². The predicted octanol–water partition coefficient (Wildman–Crippen LogP) is 3.90. The zero-order valence-electron chi connectivity index (χ0n) is 12.9. The van der Waals surface area contributed by atoms with Gasteiger partial charge in [0.15, 0.2) is 0 Å². The van der Waals surface area contributed by atoms with E-state index < -0.39 is 11.7 Å². The molecule has 1 aromatic rings. The standard InChI is InChI=1S/C16H24F3NO/c1-4-15(2,12-20-9-10-21-3)11-13-5-7-14(8-6-13)16(17,18)19/h5-8,20H,4,9-12H2,1-3H3. The molecule has 21 heavy (non-hydrogen) atoms. The smallest absolute Gasteiger partial charge is 0.383 e. The van der Waals surface area contributed by atoms with Crippen molar-refractivity contribution in [3.8, 4) is 0 Å². The van der Waals surface area contributed by atoms with E-state index >= 15 is 0 Å². The van der Waals surface area contributed by atoms with E-state index in [2.05, 4.69) is 19.2 Å². The molecule has 0 aliphatic carbocycles. The molecule has 0 radical (unpaired) electrons.